The van der Waals surface area contributed by atoms with Crippen molar-refractivity contribution >= 4 is 11.6 Å². The number of aromatic nitrogens is 2. The van der Waals surface area contributed by atoms with Gasteiger partial charge in [0.1, 0.15) is 0 Å². The highest BCUT2D eigenvalue weighted by Crippen LogP contribution is 2.20. The van der Waals surface area contributed by atoms with E-state index in [-0.39, 0.29) is 5.91 Å². The Morgan fingerprint density at radius 1 is 1.50 bits per heavy atom. The maximum absolute atomic E-state index is 11.2. The number of nitrogens with one attached hydrogen (secondary N) is 2. The van der Waals surface area contributed by atoms with Crippen molar-refractivity contribution in [2.75, 3.05) is 5.32 Å². The molecule has 2 rings (SSSR count). The first-order valence-electron chi connectivity index (χ1n) is 5.18. The van der Waals surface area contributed by atoms with E-state index in [1.165, 1.54) is 0 Å². The zero-order chi connectivity index (χ0) is 11.4. The zero-order valence-corrected chi connectivity index (χ0v) is 9.03. The Morgan fingerprint density at radius 2 is 2.38 bits per heavy atom. The van der Waals surface area contributed by atoms with Gasteiger partial charge < -0.3 is 10.3 Å². The summed E-state index contributed by atoms with van der Waals surface area (Å²) in [6, 6.07) is 7.66. The molecule has 1 heterocycles. The van der Waals surface area contributed by atoms with Crippen LogP contribution >= 0.6 is 0 Å². The van der Waals surface area contributed by atoms with E-state index < -0.39 is 0 Å². The molecule has 82 valence electrons. The molecule has 0 aliphatic carbocycles. The first-order chi connectivity index (χ1) is 7.79. The summed E-state index contributed by atoms with van der Waals surface area (Å²) in [7, 11) is 0. The summed E-state index contributed by atoms with van der Waals surface area (Å²) in [6.45, 7) is 1.83. The highest BCUT2D eigenvalue weighted by Gasteiger charge is 2.02. The van der Waals surface area contributed by atoms with Crippen LogP contribution in [0.5, 0.6) is 0 Å². The smallest absolute Gasteiger partial charge is 0.224 e. The number of carbonyl (C=O) groups is 1. The fourth-order valence-electron chi connectivity index (χ4n) is 1.43. The molecule has 0 spiro atoms. The Balaban J connectivity index is 2.23. The number of amides is 1. The molecule has 0 bridgehead atoms. The summed E-state index contributed by atoms with van der Waals surface area (Å²) in [5, 5.41) is 2.82. The van der Waals surface area contributed by atoms with Crippen molar-refractivity contribution < 1.29 is 4.79 Å². The van der Waals surface area contributed by atoms with Crippen LogP contribution in [-0.2, 0) is 4.79 Å². The van der Waals surface area contributed by atoms with Gasteiger partial charge in [0.25, 0.3) is 0 Å². The van der Waals surface area contributed by atoms with E-state index in [0.29, 0.717) is 6.42 Å². The molecule has 1 amide bonds. The van der Waals surface area contributed by atoms with E-state index in [0.717, 1.165) is 16.9 Å². The van der Waals surface area contributed by atoms with Crippen molar-refractivity contribution in [2.45, 2.75) is 13.3 Å². The Morgan fingerprint density at radius 3 is 3.06 bits per heavy atom. The minimum Gasteiger partial charge on any atom is -0.345 e. The van der Waals surface area contributed by atoms with Crippen LogP contribution in [-0.4, -0.2) is 15.9 Å². The molecule has 1 aromatic heterocycles. The Bertz CT molecular complexity index is 477. The van der Waals surface area contributed by atoms with Crippen LogP contribution in [0.25, 0.3) is 11.3 Å². The average Bonchev–Trinajstić information content (AvgIpc) is 2.83. The summed E-state index contributed by atoms with van der Waals surface area (Å²) < 4.78 is 0. The van der Waals surface area contributed by atoms with Gasteiger partial charge in [0, 0.05) is 17.7 Å². The number of imidazole rings is 1. The predicted molar refractivity (Wildman–Crippen MR) is 62.9 cm³/mol. The number of benzene rings is 1. The van der Waals surface area contributed by atoms with Gasteiger partial charge in [-0.15, -0.1) is 0 Å². The molecule has 0 aliphatic heterocycles. The molecule has 16 heavy (non-hydrogen) atoms. The lowest BCUT2D eigenvalue weighted by atomic mass is 10.1. The fourth-order valence-corrected chi connectivity index (χ4v) is 1.43. The standard InChI is InChI=1S/C12H13N3O/c1-2-12(16)15-10-5-3-4-9(6-10)11-7-13-8-14-11/h3-8H,2H2,1H3,(H,13,14)(H,15,16). The number of hydrogen-bond acceptors (Lipinski definition) is 2. The lowest BCUT2D eigenvalue weighted by Gasteiger charge is -2.05. The largest absolute Gasteiger partial charge is 0.345 e. The molecule has 0 fully saturated rings. The average molecular weight is 215 g/mol. The van der Waals surface area contributed by atoms with Gasteiger partial charge in [-0.05, 0) is 12.1 Å². The molecule has 0 saturated heterocycles. The number of nitrogens with zero attached hydrogens (tertiary/aromatic N) is 1. The van der Waals surface area contributed by atoms with Crippen LogP contribution in [0.3, 0.4) is 0 Å². The minimum atomic E-state index is 0.0155. The fraction of sp³-hybridized carbons (Fsp3) is 0.167. The third-order valence-electron chi connectivity index (χ3n) is 2.28. The third kappa shape index (κ3) is 2.28. The summed E-state index contributed by atoms with van der Waals surface area (Å²) in [5.74, 6) is 0.0155. The second-order valence-corrected chi connectivity index (χ2v) is 3.45. The summed E-state index contributed by atoms with van der Waals surface area (Å²) in [5.41, 5.74) is 2.75. The second kappa shape index (κ2) is 4.61. The van der Waals surface area contributed by atoms with E-state index in [4.69, 9.17) is 0 Å². The van der Waals surface area contributed by atoms with E-state index in [1.54, 1.807) is 12.5 Å². The van der Waals surface area contributed by atoms with Crippen LogP contribution in [0.15, 0.2) is 36.8 Å². The van der Waals surface area contributed by atoms with Crippen molar-refractivity contribution in [3.8, 4) is 11.3 Å². The van der Waals surface area contributed by atoms with Gasteiger partial charge >= 0.3 is 0 Å². The maximum atomic E-state index is 11.2. The van der Waals surface area contributed by atoms with Gasteiger partial charge in [0.05, 0.1) is 18.2 Å². The molecule has 0 radical (unpaired) electrons. The number of hydrogen-bond donors (Lipinski definition) is 2. The van der Waals surface area contributed by atoms with Crippen molar-refractivity contribution in [1.29, 1.82) is 0 Å². The molecule has 4 nitrogen and oxygen atoms in total. The number of anilines is 1. The van der Waals surface area contributed by atoms with Gasteiger partial charge in [-0.1, -0.05) is 19.1 Å². The highest BCUT2D eigenvalue weighted by molar-refractivity contribution is 5.91. The first kappa shape index (κ1) is 10.4. The van der Waals surface area contributed by atoms with E-state index >= 15 is 0 Å². The number of carbonyl (C=O) groups excluding carboxylic acids is 1. The van der Waals surface area contributed by atoms with Crippen LogP contribution < -0.4 is 5.32 Å². The summed E-state index contributed by atoms with van der Waals surface area (Å²) in [6.07, 6.45) is 3.86. The van der Waals surface area contributed by atoms with Crippen LogP contribution in [0.1, 0.15) is 13.3 Å². The number of rotatable bonds is 3. The van der Waals surface area contributed by atoms with Crippen molar-refractivity contribution in [3.63, 3.8) is 0 Å². The molecule has 0 unspecified atom stereocenters. The number of aromatic amines is 1. The monoisotopic (exact) mass is 215 g/mol. The lowest BCUT2D eigenvalue weighted by Crippen LogP contribution is -2.09. The summed E-state index contributed by atoms with van der Waals surface area (Å²) >= 11 is 0. The SMILES string of the molecule is CCC(=O)Nc1cccc(-c2cnc[nH]2)c1. The molecule has 0 atom stereocenters. The predicted octanol–water partition coefficient (Wildman–Crippen LogP) is 2.43. The number of H-pyrrole nitrogens is 1. The van der Waals surface area contributed by atoms with Crippen molar-refractivity contribution in [2.24, 2.45) is 0 Å². The quantitative estimate of drug-likeness (QED) is 0.826. The molecular weight excluding hydrogens is 202 g/mol. The van der Waals surface area contributed by atoms with Gasteiger partial charge in [0.2, 0.25) is 5.91 Å². The second-order valence-electron chi connectivity index (χ2n) is 3.45. The Hall–Kier alpha value is -2.10. The van der Waals surface area contributed by atoms with Crippen molar-refractivity contribution in [3.05, 3.63) is 36.8 Å². The molecular formula is C12H13N3O. The van der Waals surface area contributed by atoms with Gasteiger partial charge in [0.15, 0.2) is 0 Å². The van der Waals surface area contributed by atoms with Crippen LogP contribution in [0, 0.1) is 0 Å². The summed E-state index contributed by atoms with van der Waals surface area (Å²) in [4.78, 5) is 18.2. The highest BCUT2D eigenvalue weighted by atomic mass is 16.1. The molecule has 2 aromatic rings. The topological polar surface area (TPSA) is 57.8 Å². The molecule has 4 heteroatoms. The third-order valence-corrected chi connectivity index (χ3v) is 2.28. The minimum absolute atomic E-state index is 0.0155. The molecule has 2 N–H and O–H groups in total. The van der Waals surface area contributed by atoms with Gasteiger partial charge in [-0.3, -0.25) is 4.79 Å². The first-order valence-corrected chi connectivity index (χ1v) is 5.18. The lowest BCUT2D eigenvalue weighted by molar-refractivity contribution is -0.115. The maximum Gasteiger partial charge on any atom is 0.224 e. The molecule has 1 aromatic carbocycles. The van der Waals surface area contributed by atoms with Crippen LogP contribution in [0.2, 0.25) is 0 Å². The molecule has 0 saturated carbocycles. The van der Waals surface area contributed by atoms with E-state index in [1.807, 2.05) is 31.2 Å². The Labute approximate surface area is 93.7 Å². The van der Waals surface area contributed by atoms with Crippen LogP contribution in [0.4, 0.5) is 5.69 Å². The normalized spacial score (nSPS) is 10.1. The molecule has 0 aliphatic rings. The zero-order valence-electron chi connectivity index (χ0n) is 9.03. The Kier molecular flexibility index (Phi) is 3.00. The van der Waals surface area contributed by atoms with Gasteiger partial charge in [-0.25, -0.2) is 4.98 Å². The van der Waals surface area contributed by atoms with Gasteiger partial charge in [-0.2, -0.15) is 0 Å². The van der Waals surface area contributed by atoms with Crippen molar-refractivity contribution in [1.82, 2.24) is 9.97 Å². The van der Waals surface area contributed by atoms with E-state index in [2.05, 4.69) is 15.3 Å². The van der Waals surface area contributed by atoms with E-state index in [9.17, 15) is 4.79 Å².